The second kappa shape index (κ2) is 7.40. The van der Waals surface area contributed by atoms with Crippen molar-refractivity contribution in [3.8, 4) is 11.5 Å². The zero-order chi connectivity index (χ0) is 18.8. The fourth-order valence-electron chi connectivity index (χ4n) is 3.06. The highest BCUT2D eigenvalue weighted by atomic mass is 32.1. The fourth-order valence-corrected chi connectivity index (χ4v) is 3.78. The highest BCUT2D eigenvalue weighted by molar-refractivity contribution is 7.16. The average Bonchev–Trinajstić information content (AvgIpc) is 3.17. The first-order valence-corrected chi connectivity index (χ1v) is 9.62. The van der Waals surface area contributed by atoms with Crippen LogP contribution < -0.4 is 15.0 Å². The fraction of sp³-hybridized carbons (Fsp3) is 0.316. The van der Waals surface area contributed by atoms with Crippen LogP contribution in [0.25, 0.3) is 10.2 Å². The average molecular weight is 385 g/mol. The van der Waals surface area contributed by atoms with E-state index in [1.165, 1.54) is 22.2 Å². The molecule has 1 unspecified atom stereocenters. The number of carbonyl (C=O) groups is 1. The second-order valence-corrected chi connectivity index (χ2v) is 7.14. The Morgan fingerprint density at radius 3 is 2.96 bits per heavy atom. The standard InChI is InChI=1S/C19H19N3O4S/c1-2-21(9-13-11-25-15-5-3-4-6-16(15)26-13)17(23)10-22-12-20-18-14(19(22)24)7-8-27-18/h3-8,12-13H,2,9-11H2,1H3. The Morgan fingerprint density at radius 1 is 1.33 bits per heavy atom. The molecular formula is C19H19N3O4S. The lowest BCUT2D eigenvalue weighted by Gasteiger charge is -2.31. The van der Waals surface area contributed by atoms with Gasteiger partial charge in [0, 0.05) is 6.54 Å². The van der Waals surface area contributed by atoms with E-state index in [1.807, 2.05) is 36.6 Å². The Kier molecular flexibility index (Phi) is 4.81. The number of ether oxygens (including phenoxy) is 2. The van der Waals surface area contributed by atoms with Crippen molar-refractivity contribution in [3.63, 3.8) is 0 Å². The summed E-state index contributed by atoms with van der Waals surface area (Å²) < 4.78 is 13.0. The summed E-state index contributed by atoms with van der Waals surface area (Å²) >= 11 is 1.41. The van der Waals surface area contributed by atoms with Gasteiger partial charge >= 0.3 is 0 Å². The summed E-state index contributed by atoms with van der Waals surface area (Å²) in [5.41, 5.74) is -0.197. The van der Waals surface area contributed by atoms with Gasteiger partial charge in [0.15, 0.2) is 17.6 Å². The Balaban J connectivity index is 1.45. The molecule has 0 saturated carbocycles. The molecule has 140 valence electrons. The van der Waals surface area contributed by atoms with Crippen molar-refractivity contribution in [1.29, 1.82) is 0 Å². The summed E-state index contributed by atoms with van der Waals surface area (Å²) in [5.74, 6) is 1.24. The number of fused-ring (bicyclic) bond motifs is 2. The lowest BCUT2D eigenvalue weighted by molar-refractivity contribution is -0.133. The third-order valence-electron chi connectivity index (χ3n) is 4.48. The Hall–Kier alpha value is -2.87. The minimum atomic E-state index is -0.252. The minimum Gasteiger partial charge on any atom is -0.486 e. The third kappa shape index (κ3) is 3.52. The predicted octanol–water partition coefficient (Wildman–Crippen LogP) is 2.15. The van der Waals surface area contributed by atoms with Crippen molar-refractivity contribution < 1.29 is 14.3 Å². The van der Waals surface area contributed by atoms with Gasteiger partial charge in [0.1, 0.15) is 18.0 Å². The highest BCUT2D eigenvalue weighted by Gasteiger charge is 2.25. The number of nitrogens with zero attached hydrogens (tertiary/aromatic N) is 3. The Morgan fingerprint density at radius 2 is 2.15 bits per heavy atom. The van der Waals surface area contributed by atoms with Crippen LogP contribution in [0.5, 0.6) is 11.5 Å². The van der Waals surface area contributed by atoms with Gasteiger partial charge in [0.2, 0.25) is 5.91 Å². The molecule has 0 aliphatic carbocycles. The number of likely N-dealkylation sites (N-methyl/N-ethyl adjacent to an activating group) is 1. The molecule has 4 rings (SSSR count). The predicted molar refractivity (Wildman–Crippen MR) is 102 cm³/mol. The SMILES string of the molecule is CCN(CC1COc2ccccc2O1)C(=O)Cn1cnc2sccc2c1=O. The van der Waals surface area contributed by atoms with Crippen LogP contribution in [0.2, 0.25) is 0 Å². The largest absolute Gasteiger partial charge is 0.486 e. The number of hydrogen-bond acceptors (Lipinski definition) is 6. The topological polar surface area (TPSA) is 73.7 Å². The van der Waals surface area contributed by atoms with E-state index in [4.69, 9.17) is 9.47 Å². The summed E-state index contributed by atoms with van der Waals surface area (Å²) in [6.07, 6.45) is 1.18. The number of amides is 1. The number of para-hydroxylation sites is 2. The first-order valence-electron chi connectivity index (χ1n) is 8.74. The maximum Gasteiger partial charge on any atom is 0.262 e. The summed E-state index contributed by atoms with van der Waals surface area (Å²) in [5, 5.41) is 2.36. The number of benzene rings is 1. The van der Waals surface area contributed by atoms with Crippen LogP contribution in [-0.4, -0.2) is 46.2 Å². The van der Waals surface area contributed by atoms with E-state index in [2.05, 4.69) is 4.98 Å². The first-order chi connectivity index (χ1) is 13.2. The summed E-state index contributed by atoms with van der Waals surface area (Å²) in [4.78, 5) is 31.8. The van der Waals surface area contributed by atoms with Gasteiger partial charge in [-0.3, -0.25) is 14.2 Å². The number of hydrogen-bond donors (Lipinski definition) is 0. The Labute approximate surface area is 159 Å². The van der Waals surface area contributed by atoms with Crippen LogP contribution in [-0.2, 0) is 11.3 Å². The van der Waals surface area contributed by atoms with Crippen LogP contribution in [0.3, 0.4) is 0 Å². The van der Waals surface area contributed by atoms with Crippen molar-refractivity contribution in [1.82, 2.24) is 14.5 Å². The lowest BCUT2D eigenvalue weighted by atomic mass is 10.2. The van der Waals surface area contributed by atoms with Gasteiger partial charge in [-0.25, -0.2) is 4.98 Å². The van der Waals surface area contributed by atoms with E-state index < -0.39 is 0 Å². The monoisotopic (exact) mass is 385 g/mol. The smallest absolute Gasteiger partial charge is 0.262 e. The molecule has 8 heteroatoms. The lowest BCUT2D eigenvalue weighted by Crippen LogP contribution is -2.45. The summed E-state index contributed by atoms with van der Waals surface area (Å²) in [6.45, 7) is 3.15. The van der Waals surface area contributed by atoms with Gasteiger partial charge in [0.05, 0.1) is 18.3 Å². The van der Waals surface area contributed by atoms with Gasteiger partial charge in [-0.2, -0.15) is 0 Å². The molecule has 7 nitrogen and oxygen atoms in total. The molecule has 0 spiro atoms. The maximum absolute atomic E-state index is 12.7. The second-order valence-electron chi connectivity index (χ2n) is 6.25. The molecule has 27 heavy (non-hydrogen) atoms. The van der Waals surface area contributed by atoms with Gasteiger partial charge in [-0.05, 0) is 30.5 Å². The van der Waals surface area contributed by atoms with E-state index in [-0.39, 0.29) is 24.1 Å². The van der Waals surface area contributed by atoms with E-state index in [1.54, 1.807) is 11.0 Å². The van der Waals surface area contributed by atoms with Crippen molar-refractivity contribution in [2.45, 2.75) is 19.6 Å². The third-order valence-corrected chi connectivity index (χ3v) is 5.30. The van der Waals surface area contributed by atoms with Crippen molar-refractivity contribution in [2.75, 3.05) is 19.7 Å². The molecule has 3 aromatic rings. The number of carbonyl (C=O) groups excluding carboxylic acids is 1. The van der Waals surface area contributed by atoms with Crippen LogP contribution in [0.15, 0.2) is 46.8 Å². The molecule has 0 radical (unpaired) electrons. The summed E-state index contributed by atoms with van der Waals surface area (Å²) in [7, 11) is 0. The van der Waals surface area contributed by atoms with Crippen molar-refractivity contribution in [3.05, 3.63) is 52.4 Å². The molecule has 0 bridgehead atoms. The number of rotatable bonds is 5. The molecule has 1 aromatic carbocycles. The van der Waals surface area contributed by atoms with E-state index in [0.29, 0.717) is 41.4 Å². The normalized spacial score (nSPS) is 15.7. The minimum absolute atomic E-state index is 0.0460. The number of thiophene rings is 1. The van der Waals surface area contributed by atoms with E-state index >= 15 is 0 Å². The van der Waals surface area contributed by atoms with Gasteiger partial charge < -0.3 is 14.4 Å². The molecule has 1 atom stereocenters. The molecule has 1 aliphatic rings. The summed E-state index contributed by atoms with van der Waals surface area (Å²) in [6, 6.07) is 9.21. The molecule has 0 saturated heterocycles. The Bertz CT molecular complexity index is 1030. The van der Waals surface area contributed by atoms with Gasteiger partial charge in [-0.15, -0.1) is 11.3 Å². The quantitative estimate of drug-likeness (QED) is 0.673. The van der Waals surface area contributed by atoms with Crippen molar-refractivity contribution in [2.24, 2.45) is 0 Å². The van der Waals surface area contributed by atoms with Gasteiger partial charge in [0.25, 0.3) is 5.56 Å². The van der Waals surface area contributed by atoms with Crippen LogP contribution in [0.1, 0.15) is 6.92 Å². The molecular weight excluding hydrogens is 366 g/mol. The van der Waals surface area contributed by atoms with E-state index in [9.17, 15) is 9.59 Å². The van der Waals surface area contributed by atoms with Crippen LogP contribution in [0.4, 0.5) is 0 Å². The molecule has 2 aromatic heterocycles. The molecule has 1 aliphatic heterocycles. The molecule has 0 N–H and O–H groups in total. The maximum atomic E-state index is 12.7. The zero-order valence-electron chi connectivity index (χ0n) is 14.8. The van der Waals surface area contributed by atoms with Gasteiger partial charge in [-0.1, -0.05) is 12.1 Å². The van der Waals surface area contributed by atoms with Crippen LogP contribution in [0, 0.1) is 0 Å². The van der Waals surface area contributed by atoms with E-state index in [0.717, 1.165) is 0 Å². The number of aromatic nitrogens is 2. The molecule has 1 amide bonds. The molecule has 3 heterocycles. The zero-order valence-corrected chi connectivity index (χ0v) is 15.6. The highest BCUT2D eigenvalue weighted by Crippen LogP contribution is 2.31. The van der Waals surface area contributed by atoms with Crippen LogP contribution >= 0.6 is 11.3 Å². The van der Waals surface area contributed by atoms with Crippen molar-refractivity contribution >= 4 is 27.5 Å². The first kappa shape index (κ1) is 17.5. The molecule has 0 fully saturated rings.